The first-order chi connectivity index (χ1) is 14.6. The number of thioether (sulfide) groups is 1. The van der Waals surface area contributed by atoms with E-state index in [-0.39, 0.29) is 11.8 Å². The number of rotatable bonds is 4. The highest BCUT2D eigenvalue weighted by Crippen LogP contribution is 2.31. The number of piperidine rings is 1. The van der Waals surface area contributed by atoms with Gasteiger partial charge < -0.3 is 15.0 Å². The Morgan fingerprint density at radius 2 is 1.90 bits per heavy atom. The second-order valence-corrected chi connectivity index (χ2v) is 8.18. The van der Waals surface area contributed by atoms with Gasteiger partial charge in [0.25, 0.3) is 11.8 Å². The molecule has 0 saturated carbocycles. The normalized spacial score (nSPS) is 17.8. The van der Waals surface area contributed by atoms with Crippen LogP contribution in [0.1, 0.15) is 35.2 Å². The largest absolute Gasteiger partial charge is 0.497 e. The second-order valence-electron chi connectivity index (χ2n) is 7.17. The van der Waals surface area contributed by atoms with E-state index in [2.05, 4.69) is 15.2 Å². The van der Waals surface area contributed by atoms with Crippen LogP contribution in [-0.4, -0.2) is 42.1 Å². The minimum atomic E-state index is -0.204. The molecule has 0 unspecified atom stereocenters. The van der Waals surface area contributed by atoms with E-state index in [4.69, 9.17) is 4.74 Å². The molecule has 1 saturated heterocycles. The fraction of sp³-hybridized carbons (Fsp3) is 0.261. The molecule has 2 aromatic rings. The van der Waals surface area contributed by atoms with Crippen molar-refractivity contribution in [2.75, 3.05) is 25.5 Å². The van der Waals surface area contributed by atoms with E-state index in [1.54, 1.807) is 31.4 Å². The van der Waals surface area contributed by atoms with Gasteiger partial charge in [-0.3, -0.25) is 9.59 Å². The molecule has 0 radical (unpaired) electrons. The number of likely N-dealkylation sites (tertiary alicyclic amines) is 1. The van der Waals surface area contributed by atoms with Crippen LogP contribution < -0.4 is 10.1 Å². The summed E-state index contributed by atoms with van der Waals surface area (Å²) in [5.41, 5.74) is 2.05. The molecular formula is C23H23N3O3S. The quantitative estimate of drug-likeness (QED) is 0.741. The van der Waals surface area contributed by atoms with E-state index in [0.717, 1.165) is 36.7 Å². The monoisotopic (exact) mass is 421 g/mol. The lowest BCUT2D eigenvalue weighted by Crippen LogP contribution is -2.33. The van der Waals surface area contributed by atoms with Gasteiger partial charge in [0, 0.05) is 24.3 Å². The summed E-state index contributed by atoms with van der Waals surface area (Å²) in [4.78, 5) is 31.9. The van der Waals surface area contributed by atoms with Gasteiger partial charge in [-0.1, -0.05) is 12.1 Å². The van der Waals surface area contributed by atoms with Gasteiger partial charge >= 0.3 is 0 Å². The molecule has 2 heterocycles. The number of methoxy groups -OCH3 is 1. The molecule has 0 bridgehead atoms. The van der Waals surface area contributed by atoms with E-state index in [0.29, 0.717) is 21.9 Å². The van der Waals surface area contributed by atoms with Crippen molar-refractivity contribution in [2.45, 2.75) is 19.3 Å². The maximum Gasteiger partial charge on any atom is 0.286 e. The van der Waals surface area contributed by atoms with Crippen molar-refractivity contribution in [1.82, 2.24) is 4.90 Å². The van der Waals surface area contributed by atoms with Crippen LogP contribution in [0.25, 0.3) is 6.08 Å². The number of amides is 2. The smallest absolute Gasteiger partial charge is 0.286 e. The lowest BCUT2D eigenvalue weighted by atomic mass is 10.1. The molecule has 7 heteroatoms. The summed E-state index contributed by atoms with van der Waals surface area (Å²) in [6, 6.07) is 14.4. The van der Waals surface area contributed by atoms with Crippen molar-refractivity contribution < 1.29 is 14.3 Å². The third-order valence-corrected chi connectivity index (χ3v) is 6.07. The zero-order chi connectivity index (χ0) is 20.9. The van der Waals surface area contributed by atoms with Crippen LogP contribution in [0.3, 0.4) is 0 Å². The molecule has 6 nitrogen and oxygen atoms in total. The van der Waals surface area contributed by atoms with E-state index in [1.165, 1.54) is 18.2 Å². The molecule has 154 valence electrons. The van der Waals surface area contributed by atoms with Crippen molar-refractivity contribution in [2.24, 2.45) is 4.99 Å². The molecule has 1 N–H and O–H groups in total. The van der Waals surface area contributed by atoms with Gasteiger partial charge in [0.15, 0.2) is 5.17 Å². The highest BCUT2D eigenvalue weighted by Gasteiger charge is 2.26. The molecule has 2 aliphatic heterocycles. The number of carbonyl (C=O) groups is 2. The lowest BCUT2D eigenvalue weighted by Gasteiger charge is -2.27. The van der Waals surface area contributed by atoms with E-state index < -0.39 is 0 Å². The van der Waals surface area contributed by atoms with Crippen molar-refractivity contribution >= 4 is 40.5 Å². The zero-order valence-corrected chi connectivity index (χ0v) is 17.6. The van der Waals surface area contributed by atoms with Gasteiger partial charge in [-0.25, -0.2) is 0 Å². The fourth-order valence-electron chi connectivity index (χ4n) is 3.42. The molecule has 2 amide bonds. The number of anilines is 1. The van der Waals surface area contributed by atoms with Crippen LogP contribution in [0.15, 0.2) is 58.4 Å². The van der Waals surface area contributed by atoms with E-state index in [1.807, 2.05) is 30.3 Å². The van der Waals surface area contributed by atoms with Crippen LogP contribution in [0.4, 0.5) is 5.69 Å². The average molecular weight is 422 g/mol. The Hall–Kier alpha value is -3.06. The molecule has 0 aliphatic carbocycles. The van der Waals surface area contributed by atoms with Gasteiger partial charge in [-0.2, -0.15) is 4.99 Å². The number of benzene rings is 2. The Morgan fingerprint density at radius 3 is 2.63 bits per heavy atom. The molecule has 1 fully saturated rings. The predicted molar refractivity (Wildman–Crippen MR) is 121 cm³/mol. The number of hydrogen-bond donors (Lipinski definition) is 1. The Kier molecular flexibility index (Phi) is 6.18. The van der Waals surface area contributed by atoms with Gasteiger partial charge in [0.05, 0.1) is 12.0 Å². The topological polar surface area (TPSA) is 71.0 Å². The SMILES string of the molecule is COc1ccc(C(=O)Nc2cccc(/C=C3/SC(N4CCCCC4)=NC3=O)c2)cc1. The lowest BCUT2D eigenvalue weighted by molar-refractivity contribution is -0.113. The number of ether oxygens (including phenoxy) is 1. The van der Waals surface area contributed by atoms with Crippen LogP contribution in [0, 0.1) is 0 Å². The van der Waals surface area contributed by atoms with Crippen molar-refractivity contribution in [3.05, 3.63) is 64.6 Å². The second kappa shape index (κ2) is 9.17. The van der Waals surface area contributed by atoms with Crippen LogP contribution >= 0.6 is 11.8 Å². The highest BCUT2D eigenvalue weighted by atomic mass is 32.2. The first kappa shape index (κ1) is 20.2. The molecule has 0 atom stereocenters. The van der Waals surface area contributed by atoms with E-state index >= 15 is 0 Å². The van der Waals surface area contributed by atoms with Crippen LogP contribution in [0.5, 0.6) is 5.75 Å². The molecule has 2 aliphatic rings. The number of amidine groups is 1. The number of carbonyl (C=O) groups excluding carboxylic acids is 2. The Morgan fingerprint density at radius 1 is 1.13 bits per heavy atom. The van der Waals surface area contributed by atoms with Gasteiger partial charge in [-0.05, 0) is 79.1 Å². The Bertz CT molecular complexity index is 1010. The minimum absolute atomic E-state index is 0.201. The fourth-order valence-corrected chi connectivity index (χ4v) is 4.39. The van der Waals surface area contributed by atoms with Gasteiger partial charge in [0.1, 0.15) is 5.75 Å². The first-order valence-electron chi connectivity index (χ1n) is 9.95. The summed E-state index contributed by atoms with van der Waals surface area (Å²) in [5.74, 6) is 0.294. The minimum Gasteiger partial charge on any atom is -0.497 e. The summed E-state index contributed by atoms with van der Waals surface area (Å²) in [6.07, 6.45) is 5.35. The molecule has 0 aromatic heterocycles. The maximum atomic E-state index is 12.5. The van der Waals surface area contributed by atoms with Crippen LogP contribution in [0.2, 0.25) is 0 Å². The van der Waals surface area contributed by atoms with Gasteiger partial charge in [-0.15, -0.1) is 0 Å². The molecular weight excluding hydrogens is 398 g/mol. The predicted octanol–water partition coefficient (Wildman–Crippen LogP) is 4.40. The van der Waals surface area contributed by atoms with E-state index in [9.17, 15) is 9.59 Å². The number of hydrogen-bond acceptors (Lipinski definition) is 5. The standard InChI is InChI=1S/C23H23N3O3S/c1-29-19-10-8-17(9-11-19)21(27)24-18-7-5-6-16(14-18)15-20-22(28)25-23(30-20)26-12-3-2-4-13-26/h5-11,14-15H,2-4,12-13H2,1H3,(H,24,27)/b20-15+. The third-order valence-electron chi connectivity index (χ3n) is 5.03. The third kappa shape index (κ3) is 4.74. The molecule has 4 rings (SSSR count). The summed E-state index contributed by atoms with van der Waals surface area (Å²) in [6.45, 7) is 1.92. The van der Waals surface area contributed by atoms with Crippen molar-refractivity contribution in [1.29, 1.82) is 0 Å². The summed E-state index contributed by atoms with van der Waals surface area (Å²) in [5, 5.41) is 3.70. The summed E-state index contributed by atoms with van der Waals surface area (Å²) >= 11 is 1.43. The average Bonchev–Trinajstić information content (AvgIpc) is 3.15. The molecule has 0 spiro atoms. The van der Waals surface area contributed by atoms with Gasteiger partial charge in [0.2, 0.25) is 0 Å². The summed E-state index contributed by atoms with van der Waals surface area (Å²) in [7, 11) is 1.59. The number of aliphatic imine (C=N–C) groups is 1. The number of nitrogens with one attached hydrogen (secondary N) is 1. The molecule has 2 aromatic carbocycles. The first-order valence-corrected chi connectivity index (χ1v) is 10.8. The van der Waals surface area contributed by atoms with Crippen molar-refractivity contribution in [3.63, 3.8) is 0 Å². The number of nitrogens with zero attached hydrogens (tertiary/aromatic N) is 2. The maximum absolute atomic E-state index is 12.5. The highest BCUT2D eigenvalue weighted by molar-refractivity contribution is 8.18. The van der Waals surface area contributed by atoms with Crippen molar-refractivity contribution in [3.8, 4) is 5.75 Å². The van der Waals surface area contributed by atoms with Crippen LogP contribution in [-0.2, 0) is 4.79 Å². The zero-order valence-electron chi connectivity index (χ0n) is 16.8. The summed E-state index contributed by atoms with van der Waals surface area (Å²) < 4.78 is 5.12. The molecule has 30 heavy (non-hydrogen) atoms. The Balaban J connectivity index is 1.44. The Labute approximate surface area is 180 Å².